The van der Waals surface area contributed by atoms with Crippen molar-refractivity contribution in [1.29, 1.82) is 0 Å². The van der Waals surface area contributed by atoms with Crippen LogP contribution < -0.4 is 19.5 Å². The second-order valence-electron chi connectivity index (χ2n) is 5.08. The minimum atomic E-state index is -3.48. The molecule has 0 spiro atoms. The number of carbonyl (C=O) groups excluding carboxylic acids is 1. The van der Waals surface area contributed by atoms with Gasteiger partial charge >= 0.3 is 0 Å². The van der Waals surface area contributed by atoms with Gasteiger partial charge < -0.3 is 14.8 Å². The molecule has 0 unspecified atom stereocenters. The number of ether oxygens (including phenoxy) is 2. The monoisotopic (exact) mass is 384 g/mol. The molecule has 0 heterocycles. The van der Waals surface area contributed by atoms with Crippen LogP contribution >= 0.6 is 11.6 Å². The van der Waals surface area contributed by atoms with Crippen LogP contribution in [0.15, 0.2) is 42.5 Å². The molecular weight excluding hydrogens is 368 g/mol. The van der Waals surface area contributed by atoms with E-state index >= 15 is 0 Å². The number of rotatable bonds is 7. The predicted octanol–water partition coefficient (Wildman–Crippen LogP) is 2.74. The van der Waals surface area contributed by atoms with E-state index in [4.69, 9.17) is 21.1 Å². The quantitative estimate of drug-likeness (QED) is 0.765. The van der Waals surface area contributed by atoms with Crippen molar-refractivity contribution < 1.29 is 22.7 Å². The number of carbonyl (C=O) groups is 1. The molecule has 0 fully saturated rings. The molecule has 0 aliphatic rings. The smallest absolute Gasteiger partial charge is 0.262 e. The van der Waals surface area contributed by atoms with Crippen LogP contribution in [0.5, 0.6) is 11.5 Å². The summed E-state index contributed by atoms with van der Waals surface area (Å²) in [5.74, 6) is 0.444. The van der Waals surface area contributed by atoms with Crippen molar-refractivity contribution in [1.82, 2.24) is 0 Å². The number of hydrogen-bond acceptors (Lipinski definition) is 5. The van der Waals surface area contributed by atoms with Crippen molar-refractivity contribution in [2.75, 3.05) is 30.0 Å². The van der Waals surface area contributed by atoms with Gasteiger partial charge in [-0.2, -0.15) is 0 Å². The molecule has 7 nitrogen and oxygen atoms in total. The molecule has 0 aromatic heterocycles. The van der Waals surface area contributed by atoms with Crippen molar-refractivity contribution in [2.45, 2.75) is 0 Å². The molecule has 0 aliphatic carbocycles. The Morgan fingerprint density at radius 3 is 2.44 bits per heavy atom. The number of benzene rings is 2. The second kappa shape index (κ2) is 8.09. The van der Waals surface area contributed by atoms with E-state index in [0.29, 0.717) is 22.2 Å². The predicted molar refractivity (Wildman–Crippen MR) is 97.0 cm³/mol. The normalized spacial score (nSPS) is 10.8. The molecule has 25 heavy (non-hydrogen) atoms. The van der Waals surface area contributed by atoms with Crippen LogP contribution in [-0.2, 0) is 14.8 Å². The fourth-order valence-corrected chi connectivity index (χ4v) is 2.63. The maximum atomic E-state index is 12.0. The average Bonchev–Trinajstić information content (AvgIpc) is 2.53. The number of amides is 1. The SMILES string of the molecule is COc1ccc(NC(=O)COc2ccc(Cl)cc2)cc1NS(C)(=O)=O. The van der Waals surface area contributed by atoms with Crippen LogP contribution in [0.3, 0.4) is 0 Å². The summed E-state index contributed by atoms with van der Waals surface area (Å²) in [7, 11) is -2.07. The van der Waals surface area contributed by atoms with Crippen molar-refractivity contribution >= 4 is 38.9 Å². The Kier molecular flexibility index (Phi) is 6.11. The van der Waals surface area contributed by atoms with Gasteiger partial charge in [-0.25, -0.2) is 8.42 Å². The summed E-state index contributed by atoms with van der Waals surface area (Å²) in [6, 6.07) is 11.2. The first kappa shape index (κ1) is 18.9. The van der Waals surface area contributed by atoms with Gasteiger partial charge in [-0.05, 0) is 42.5 Å². The molecule has 134 valence electrons. The van der Waals surface area contributed by atoms with Crippen LogP contribution in [-0.4, -0.2) is 34.3 Å². The Hall–Kier alpha value is -2.45. The first-order chi connectivity index (χ1) is 11.8. The lowest BCUT2D eigenvalue weighted by atomic mass is 10.2. The lowest BCUT2D eigenvalue weighted by Gasteiger charge is -2.12. The van der Waals surface area contributed by atoms with Gasteiger partial charge in [-0.3, -0.25) is 9.52 Å². The maximum Gasteiger partial charge on any atom is 0.262 e. The van der Waals surface area contributed by atoms with E-state index in [9.17, 15) is 13.2 Å². The molecule has 0 saturated carbocycles. The Morgan fingerprint density at radius 2 is 1.84 bits per heavy atom. The number of methoxy groups -OCH3 is 1. The lowest BCUT2D eigenvalue weighted by molar-refractivity contribution is -0.118. The molecule has 0 bridgehead atoms. The molecule has 2 N–H and O–H groups in total. The van der Waals surface area contributed by atoms with E-state index < -0.39 is 15.9 Å². The molecule has 0 radical (unpaired) electrons. The highest BCUT2D eigenvalue weighted by Crippen LogP contribution is 2.28. The first-order valence-electron chi connectivity index (χ1n) is 7.11. The summed E-state index contributed by atoms with van der Waals surface area (Å²) in [4.78, 5) is 12.0. The molecule has 0 saturated heterocycles. The Labute approximate surface area is 151 Å². The topological polar surface area (TPSA) is 93.7 Å². The zero-order valence-electron chi connectivity index (χ0n) is 13.6. The van der Waals surface area contributed by atoms with Gasteiger partial charge in [0, 0.05) is 10.7 Å². The van der Waals surface area contributed by atoms with Gasteiger partial charge in [-0.1, -0.05) is 11.6 Å². The van der Waals surface area contributed by atoms with Gasteiger partial charge in [0.1, 0.15) is 11.5 Å². The standard InChI is InChI=1S/C16H17ClN2O5S/c1-23-15-8-5-12(9-14(15)19-25(2,21)22)18-16(20)10-24-13-6-3-11(17)4-7-13/h3-9,19H,10H2,1-2H3,(H,18,20). The number of anilines is 2. The van der Waals surface area contributed by atoms with Gasteiger partial charge in [0.15, 0.2) is 6.61 Å². The van der Waals surface area contributed by atoms with Crippen LogP contribution in [0, 0.1) is 0 Å². The zero-order chi connectivity index (χ0) is 18.4. The number of sulfonamides is 1. The minimum absolute atomic E-state index is 0.206. The molecule has 1 amide bonds. The third kappa shape index (κ3) is 6.17. The van der Waals surface area contributed by atoms with E-state index in [1.165, 1.54) is 13.2 Å². The van der Waals surface area contributed by atoms with Crippen molar-refractivity contribution in [2.24, 2.45) is 0 Å². The Morgan fingerprint density at radius 1 is 1.16 bits per heavy atom. The second-order valence-corrected chi connectivity index (χ2v) is 7.26. The Bertz CT molecular complexity index is 853. The molecule has 0 atom stereocenters. The number of nitrogens with one attached hydrogen (secondary N) is 2. The van der Waals surface area contributed by atoms with Gasteiger partial charge in [-0.15, -0.1) is 0 Å². The summed E-state index contributed by atoms with van der Waals surface area (Å²) >= 11 is 5.77. The highest BCUT2D eigenvalue weighted by atomic mass is 35.5. The fraction of sp³-hybridized carbons (Fsp3) is 0.188. The highest BCUT2D eigenvalue weighted by molar-refractivity contribution is 7.92. The van der Waals surface area contributed by atoms with Crippen molar-refractivity contribution in [3.63, 3.8) is 0 Å². The van der Waals surface area contributed by atoms with E-state index in [0.717, 1.165) is 6.26 Å². The van der Waals surface area contributed by atoms with E-state index in [2.05, 4.69) is 10.0 Å². The van der Waals surface area contributed by atoms with E-state index in [1.807, 2.05) is 0 Å². The zero-order valence-corrected chi connectivity index (χ0v) is 15.1. The van der Waals surface area contributed by atoms with Crippen molar-refractivity contribution in [3.05, 3.63) is 47.5 Å². The number of hydrogen-bond donors (Lipinski definition) is 2. The summed E-state index contributed by atoms with van der Waals surface area (Å²) in [5.41, 5.74) is 0.623. The summed E-state index contributed by atoms with van der Waals surface area (Å²) in [6.07, 6.45) is 1.03. The van der Waals surface area contributed by atoms with Crippen LogP contribution in [0.25, 0.3) is 0 Å². The van der Waals surface area contributed by atoms with Crippen LogP contribution in [0.2, 0.25) is 5.02 Å². The highest BCUT2D eigenvalue weighted by Gasteiger charge is 2.11. The lowest BCUT2D eigenvalue weighted by Crippen LogP contribution is -2.20. The molecule has 2 rings (SSSR count). The molecule has 2 aromatic carbocycles. The van der Waals surface area contributed by atoms with Gasteiger partial charge in [0.05, 0.1) is 19.1 Å². The molecule has 0 aliphatic heterocycles. The number of halogens is 1. The van der Waals surface area contributed by atoms with E-state index in [1.54, 1.807) is 36.4 Å². The van der Waals surface area contributed by atoms with Gasteiger partial charge in [0.25, 0.3) is 5.91 Å². The third-order valence-corrected chi connectivity index (χ3v) is 3.80. The summed E-state index contributed by atoms with van der Waals surface area (Å²) in [6.45, 7) is -0.206. The average molecular weight is 385 g/mol. The molecule has 9 heteroatoms. The van der Waals surface area contributed by atoms with Gasteiger partial charge in [0.2, 0.25) is 10.0 Å². The minimum Gasteiger partial charge on any atom is -0.495 e. The summed E-state index contributed by atoms with van der Waals surface area (Å²) in [5, 5.41) is 3.19. The van der Waals surface area contributed by atoms with E-state index in [-0.39, 0.29) is 12.3 Å². The van der Waals surface area contributed by atoms with Crippen molar-refractivity contribution in [3.8, 4) is 11.5 Å². The summed E-state index contributed by atoms with van der Waals surface area (Å²) < 4.78 is 35.6. The largest absolute Gasteiger partial charge is 0.495 e. The van der Waals surface area contributed by atoms with Crippen LogP contribution in [0.4, 0.5) is 11.4 Å². The molecule has 2 aromatic rings. The maximum absolute atomic E-state index is 12.0. The Balaban J connectivity index is 2.02. The molecular formula is C16H17ClN2O5S. The fourth-order valence-electron chi connectivity index (χ4n) is 1.94. The first-order valence-corrected chi connectivity index (χ1v) is 9.38. The third-order valence-electron chi connectivity index (χ3n) is 2.96. The van der Waals surface area contributed by atoms with Crippen LogP contribution in [0.1, 0.15) is 0 Å².